The Bertz CT molecular complexity index is 712. The van der Waals surface area contributed by atoms with Crippen LogP contribution in [0.15, 0.2) is 23.1 Å². The van der Waals surface area contributed by atoms with E-state index in [1.165, 1.54) is 12.1 Å². The number of aliphatic carboxylic acids is 1. The van der Waals surface area contributed by atoms with Gasteiger partial charge in [0.15, 0.2) is 0 Å². The molecule has 0 spiro atoms. The van der Waals surface area contributed by atoms with Crippen molar-refractivity contribution in [1.82, 2.24) is 4.31 Å². The Hall–Kier alpha value is -1.93. The minimum atomic E-state index is -4.08. The Balaban J connectivity index is 2.55. The lowest BCUT2D eigenvalue weighted by Gasteiger charge is -2.22. The van der Waals surface area contributed by atoms with E-state index >= 15 is 0 Å². The SMILES string of the molecule is COC(=O)c1cc(C)ccc1S(=O)(=O)N1CCC[C@H]1C(=O)O. The molecular formula is C14H17NO6S. The number of sulfonamides is 1. The molecule has 0 amide bonds. The highest BCUT2D eigenvalue weighted by molar-refractivity contribution is 7.89. The molecule has 0 aliphatic carbocycles. The van der Waals surface area contributed by atoms with Gasteiger partial charge in [-0.2, -0.15) is 4.31 Å². The summed E-state index contributed by atoms with van der Waals surface area (Å²) < 4.78 is 31.1. The van der Waals surface area contributed by atoms with E-state index in [0.717, 1.165) is 11.4 Å². The molecule has 1 aromatic rings. The lowest BCUT2D eigenvalue weighted by atomic mass is 10.1. The van der Waals surface area contributed by atoms with Crippen molar-refractivity contribution in [2.24, 2.45) is 0 Å². The highest BCUT2D eigenvalue weighted by atomic mass is 32.2. The number of methoxy groups -OCH3 is 1. The molecule has 1 aliphatic heterocycles. The number of carbonyl (C=O) groups excluding carboxylic acids is 1. The Kier molecular flexibility index (Phi) is 4.52. The van der Waals surface area contributed by atoms with Crippen LogP contribution in [0.25, 0.3) is 0 Å². The first-order valence-corrected chi connectivity index (χ1v) is 8.16. The van der Waals surface area contributed by atoms with Crippen LogP contribution in [0.4, 0.5) is 0 Å². The van der Waals surface area contributed by atoms with E-state index in [0.29, 0.717) is 12.0 Å². The van der Waals surface area contributed by atoms with Crippen LogP contribution in [0.1, 0.15) is 28.8 Å². The monoisotopic (exact) mass is 327 g/mol. The fraction of sp³-hybridized carbons (Fsp3) is 0.429. The van der Waals surface area contributed by atoms with Gasteiger partial charge < -0.3 is 9.84 Å². The van der Waals surface area contributed by atoms with Gasteiger partial charge in [-0.05, 0) is 31.9 Å². The van der Waals surface area contributed by atoms with E-state index in [2.05, 4.69) is 4.74 Å². The first kappa shape index (κ1) is 16.4. The molecule has 1 aromatic carbocycles. The molecule has 1 N–H and O–H groups in total. The maximum Gasteiger partial charge on any atom is 0.339 e. The number of carboxylic acids is 1. The standard InChI is InChI=1S/C14H17NO6S/c1-9-5-6-12(10(8-9)14(18)21-2)22(19,20)15-7-3-4-11(15)13(16)17/h5-6,8,11H,3-4,7H2,1-2H3,(H,16,17)/t11-/m0/s1. The van der Waals surface area contributed by atoms with Gasteiger partial charge in [0.25, 0.3) is 0 Å². The van der Waals surface area contributed by atoms with Crippen molar-refractivity contribution in [2.45, 2.75) is 30.7 Å². The minimum Gasteiger partial charge on any atom is -0.480 e. The number of hydrogen-bond donors (Lipinski definition) is 1. The molecule has 0 unspecified atom stereocenters. The highest BCUT2D eigenvalue weighted by Gasteiger charge is 2.40. The normalized spacial score (nSPS) is 19.1. The summed E-state index contributed by atoms with van der Waals surface area (Å²) in [5, 5.41) is 9.16. The molecule has 2 rings (SSSR count). The molecule has 0 radical (unpaired) electrons. The number of rotatable bonds is 4. The molecule has 22 heavy (non-hydrogen) atoms. The lowest BCUT2D eigenvalue weighted by Crippen LogP contribution is -2.40. The van der Waals surface area contributed by atoms with Gasteiger partial charge in [-0.1, -0.05) is 11.6 Å². The average Bonchev–Trinajstić information content (AvgIpc) is 2.96. The molecule has 0 aromatic heterocycles. The second kappa shape index (κ2) is 6.05. The van der Waals surface area contributed by atoms with Crippen molar-refractivity contribution in [2.75, 3.05) is 13.7 Å². The molecule has 1 heterocycles. The fourth-order valence-corrected chi connectivity index (χ4v) is 4.35. The molecule has 120 valence electrons. The molecule has 1 fully saturated rings. The van der Waals surface area contributed by atoms with Gasteiger partial charge in [-0.25, -0.2) is 13.2 Å². The van der Waals surface area contributed by atoms with Crippen LogP contribution >= 0.6 is 0 Å². The van der Waals surface area contributed by atoms with E-state index < -0.39 is 28.0 Å². The third kappa shape index (κ3) is 2.84. The van der Waals surface area contributed by atoms with Crippen molar-refractivity contribution in [1.29, 1.82) is 0 Å². The van der Waals surface area contributed by atoms with Crippen molar-refractivity contribution in [3.63, 3.8) is 0 Å². The summed E-state index contributed by atoms with van der Waals surface area (Å²) in [5.41, 5.74) is 0.620. The number of benzene rings is 1. The molecule has 1 aliphatic rings. The Morgan fingerprint density at radius 2 is 2.05 bits per heavy atom. The average molecular weight is 327 g/mol. The lowest BCUT2D eigenvalue weighted by molar-refractivity contribution is -0.140. The van der Waals surface area contributed by atoms with Crippen molar-refractivity contribution in [3.8, 4) is 0 Å². The largest absolute Gasteiger partial charge is 0.480 e. The Morgan fingerprint density at radius 3 is 2.64 bits per heavy atom. The third-order valence-corrected chi connectivity index (χ3v) is 5.58. The number of carbonyl (C=O) groups is 2. The van der Waals surface area contributed by atoms with Crippen molar-refractivity contribution >= 4 is 22.0 Å². The first-order chi connectivity index (χ1) is 10.3. The van der Waals surface area contributed by atoms with Crippen molar-refractivity contribution in [3.05, 3.63) is 29.3 Å². The first-order valence-electron chi connectivity index (χ1n) is 6.72. The molecule has 1 saturated heterocycles. The Morgan fingerprint density at radius 1 is 1.36 bits per heavy atom. The third-order valence-electron chi connectivity index (χ3n) is 3.62. The number of aryl methyl sites for hydroxylation is 1. The second-order valence-corrected chi connectivity index (χ2v) is 6.96. The molecule has 8 heteroatoms. The summed E-state index contributed by atoms with van der Waals surface area (Å²) in [6.45, 7) is 1.84. The molecule has 0 saturated carbocycles. The van der Waals surface area contributed by atoms with Gasteiger partial charge in [0.1, 0.15) is 6.04 Å². The van der Waals surface area contributed by atoms with Crippen LogP contribution in [-0.4, -0.2) is 49.5 Å². The Labute approximate surface area is 128 Å². The van der Waals surface area contributed by atoms with Gasteiger partial charge in [0.05, 0.1) is 17.6 Å². The summed E-state index contributed by atoms with van der Waals surface area (Å²) >= 11 is 0. The zero-order valence-electron chi connectivity index (χ0n) is 12.3. The van der Waals surface area contributed by atoms with Gasteiger partial charge in [0, 0.05) is 6.54 Å². The van der Waals surface area contributed by atoms with E-state index in [1.807, 2.05) is 0 Å². The topological polar surface area (TPSA) is 101 Å². The quantitative estimate of drug-likeness (QED) is 0.829. The molecule has 7 nitrogen and oxygen atoms in total. The smallest absolute Gasteiger partial charge is 0.339 e. The fourth-order valence-electron chi connectivity index (χ4n) is 2.54. The van der Waals surface area contributed by atoms with Crippen LogP contribution in [0.5, 0.6) is 0 Å². The molecular weight excluding hydrogens is 310 g/mol. The predicted octanol–water partition coefficient (Wildman–Crippen LogP) is 1.02. The molecule has 1 atom stereocenters. The second-order valence-electron chi connectivity index (χ2n) is 5.10. The van der Waals surface area contributed by atoms with Crippen LogP contribution < -0.4 is 0 Å². The van der Waals surface area contributed by atoms with E-state index in [4.69, 9.17) is 5.11 Å². The zero-order chi connectivity index (χ0) is 16.5. The summed E-state index contributed by atoms with van der Waals surface area (Å²) in [5.74, 6) is -1.96. The van der Waals surface area contributed by atoms with Gasteiger partial charge in [-0.3, -0.25) is 4.79 Å². The van der Waals surface area contributed by atoms with Gasteiger partial charge >= 0.3 is 11.9 Å². The van der Waals surface area contributed by atoms with Crippen LogP contribution in [0.2, 0.25) is 0 Å². The minimum absolute atomic E-state index is 0.0847. The van der Waals surface area contributed by atoms with E-state index in [9.17, 15) is 18.0 Å². The highest BCUT2D eigenvalue weighted by Crippen LogP contribution is 2.29. The van der Waals surface area contributed by atoms with Crippen LogP contribution in [0.3, 0.4) is 0 Å². The number of carboxylic acid groups (broad SMARTS) is 1. The van der Waals surface area contributed by atoms with Crippen LogP contribution in [0, 0.1) is 6.92 Å². The predicted molar refractivity (Wildman–Crippen MR) is 77.1 cm³/mol. The number of hydrogen-bond acceptors (Lipinski definition) is 5. The number of ether oxygens (including phenoxy) is 1. The summed E-state index contributed by atoms with van der Waals surface area (Å²) in [4.78, 5) is 22.8. The van der Waals surface area contributed by atoms with E-state index in [1.54, 1.807) is 13.0 Å². The number of nitrogens with zero attached hydrogens (tertiary/aromatic N) is 1. The van der Waals surface area contributed by atoms with Gasteiger partial charge in [-0.15, -0.1) is 0 Å². The number of esters is 1. The summed E-state index contributed by atoms with van der Waals surface area (Å²) in [6.07, 6.45) is 0.726. The molecule has 0 bridgehead atoms. The maximum absolute atomic E-state index is 12.8. The summed E-state index contributed by atoms with van der Waals surface area (Å²) in [7, 11) is -2.92. The van der Waals surface area contributed by atoms with E-state index in [-0.39, 0.29) is 23.4 Å². The van der Waals surface area contributed by atoms with Crippen molar-refractivity contribution < 1.29 is 27.9 Å². The zero-order valence-corrected chi connectivity index (χ0v) is 13.1. The van der Waals surface area contributed by atoms with Crippen LogP contribution in [-0.2, 0) is 19.6 Å². The van der Waals surface area contributed by atoms with Gasteiger partial charge in [0.2, 0.25) is 10.0 Å². The summed E-state index contributed by atoms with van der Waals surface area (Å²) in [6, 6.07) is 3.20. The maximum atomic E-state index is 12.8.